The van der Waals surface area contributed by atoms with Crippen LogP contribution in [0.15, 0.2) is 34.9 Å². The van der Waals surface area contributed by atoms with Crippen LogP contribution in [-0.4, -0.2) is 5.91 Å². The number of furan rings is 1. The number of hydrogen-bond acceptors (Lipinski definition) is 2. The van der Waals surface area contributed by atoms with Crippen LogP contribution in [0.4, 0.5) is 10.1 Å². The summed E-state index contributed by atoms with van der Waals surface area (Å²) in [4.78, 5) is 12.0. The second-order valence-corrected chi connectivity index (χ2v) is 4.85. The first-order valence-electron chi connectivity index (χ1n) is 5.44. The SMILES string of the molecule is CCc1occc1C(=O)Nc1ccc(F)cc1I. The molecule has 18 heavy (non-hydrogen) atoms. The van der Waals surface area contributed by atoms with Gasteiger partial charge in [-0.2, -0.15) is 0 Å². The van der Waals surface area contributed by atoms with Crippen molar-refractivity contribution < 1.29 is 13.6 Å². The summed E-state index contributed by atoms with van der Waals surface area (Å²) in [6, 6.07) is 5.85. The average Bonchev–Trinajstić information content (AvgIpc) is 2.81. The van der Waals surface area contributed by atoms with E-state index in [0.717, 1.165) is 0 Å². The molecule has 1 aromatic heterocycles. The van der Waals surface area contributed by atoms with Crippen molar-refractivity contribution in [2.24, 2.45) is 0 Å². The summed E-state index contributed by atoms with van der Waals surface area (Å²) in [5.41, 5.74) is 1.10. The van der Waals surface area contributed by atoms with Crippen molar-refractivity contribution in [3.8, 4) is 0 Å². The summed E-state index contributed by atoms with van der Waals surface area (Å²) >= 11 is 1.98. The van der Waals surface area contributed by atoms with Gasteiger partial charge in [-0.25, -0.2) is 4.39 Å². The van der Waals surface area contributed by atoms with Gasteiger partial charge in [-0.3, -0.25) is 4.79 Å². The molecule has 2 rings (SSSR count). The fourth-order valence-electron chi connectivity index (χ4n) is 1.60. The number of amides is 1. The molecule has 0 fully saturated rings. The molecule has 1 heterocycles. The van der Waals surface area contributed by atoms with Gasteiger partial charge >= 0.3 is 0 Å². The van der Waals surface area contributed by atoms with Crippen LogP contribution in [0.25, 0.3) is 0 Å². The molecule has 2 aromatic rings. The number of rotatable bonds is 3. The van der Waals surface area contributed by atoms with Crippen molar-refractivity contribution >= 4 is 34.2 Å². The zero-order chi connectivity index (χ0) is 13.1. The van der Waals surface area contributed by atoms with E-state index in [4.69, 9.17) is 4.42 Å². The number of aryl methyl sites for hydroxylation is 1. The van der Waals surface area contributed by atoms with Crippen LogP contribution < -0.4 is 5.32 Å². The Kier molecular flexibility index (Phi) is 4.00. The van der Waals surface area contributed by atoms with Crippen LogP contribution in [0, 0.1) is 9.39 Å². The van der Waals surface area contributed by atoms with E-state index in [-0.39, 0.29) is 11.7 Å². The quantitative estimate of drug-likeness (QED) is 0.847. The topological polar surface area (TPSA) is 42.2 Å². The third kappa shape index (κ3) is 2.72. The Morgan fingerprint density at radius 1 is 1.44 bits per heavy atom. The van der Waals surface area contributed by atoms with Crippen molar-refractivity contribution in [2.75, 3.05) is 5.32 Å². The van der Waals surface area contributed by atoms with E-state index in [1.165, 1.54) is 18.4 Å². The first-order chi connectivity index (χ1) is 8.61. The number of nitrogens with one attached hydrogen (secondary N) is 1. The predicted molar refractivity (Wildman–Crippen MR) is 75.2 cm³/mol. The Labute approximate surface area is 118 Å². The van der Waals surface area contributed by atoms with Crippen molar-refractivity contribution in [1.82, 2.24) is 0 Å². The fourth-order valence-corrected chi connectivity index (χ4v) is 2.21. The number of halogens is 2. The molecule has 5 heteroatoms. The van der Waals surface area contributed by atoms with E-state index in [2.05, 4.69) is 5.32 Å². The van der Waals surface area contributed by atoms with Crippen molar-refractivity contribution in [2.45, 2.75) is 13.3 Å². The maximum atomic E-state index is 12.9. The van der Waals surface area contributed by atoms with E-state index in [1.54, 1.807) is 12.1 Å². The summed E-state index contributed by atoms with van der Waals surface area (Å²) in [5, 5.41) is 2.74. The van der Waals surface area contributed by atoms with Crippen LogP contribution >= 0.6 is 22.6 Å². The zero-order valence-electron chi connectivity index (χ0n) is 9.67. The van der Waals surface area contributed by atoms with Gasteiger partial charge in [-0.05, 0) is 46.9 Å². The van der Waals surface area contributed by atoms with Gasteiger partial charge < -0.3 is 9.73 Å². The summed E-state index contributed by atoms with van der Waals surface area (Å²) in [6.45, 7) is 1.91. The van der Waals surface area contributed by atoms with E-state index in [1.807, 2.05) is 29.5 Å². The minimum Gasteiger partial charge on any atom is -0.469 e. The average molecular weight is 359 g/mol. The summed E-state index contributed by atoms with van der Waals surface area (Å²) in [6.07, 6.45) is 2.14. The maximum Gasteiger partial charge on any atom is 0.259 e. The molecule has 0 bridgehead atoms. The number of carbonyl (C=O) groups excluding carboxylic acids is 1. The first-order valence-corrected chi connectivity index (χ1v) is 6.52. The Bertz CT molecular complexity index is 580. The third-order valence-corrected chi connectivity index (χ3v) is 3.38. The van der Waals surface area contributed by atoms with Crippen molar-refractivity contribution in [3.05, 3.63) is 51.2 Å². The molecule has 3 nitrogen and oxygen atoms in total. The van der Waals surface area contributed by atoms with Crippen LogP contribution in [0.2, 0.25) is 0 Å². The van der Waals surface area contributed by atoms with Crippen LogP contribution in [0.3, 0.4) is 0 Å². The molecular formula is C13H11FINO2. The van der Waals surface area contributed by atoms with Crippen LogP contribution in [0.1, 0.15) is 23.0 Å². The van der Waals surface area contributed by atoms with Crippen molar-refractivity contribution in [1.29, 1.82) is 0 Å². The normalized spacial score (nSPS) is 10.4. The monoisotopic (exact) mass is 359 g/mol. The molecule has 1 aromatic carbocycles. The second-order valence-electron chi connectivity index (χ2n) is 3.69. The molecule has 0 aliphatic rings. The number of benzene rings is 1. The summed E-state index contributed by atoms with van der Waals surface area (Å²) in [7, 11) is 0. The molecule has 0 saturated heterocycles. The standard InChI is InChI=1S/C13H11FINO2/c1-2-12-9(5-6-18-12)13(17)16-11-4-3-8(14)7-10(11)15/h3-7H,2H2,1H3,(H,16,17). The van der Waals surface area contributed by atoms with Gasteiger partial charge in [-0.15, -0.1) is 0 Å². The number of hydrogen-bond donors (Lipinski definition) is 1. The number of anilines is 1. The number of carbonyl (C=O) groups is 1. The minimum atomic E-state index is -0.324. The molecule has 94 valence electrons. The lowest BCUT2D eigenvalue weighted by molar-refractivity contribution is 0.102. The van der Waals surface area contributed by atoms with E-state index in [0.29, 0.717) is 27.0 Å². The minimum absolute atomic E-state index is 0.245. The third-order valence-electron chi connectivity index (χ3n) is 2.49. The molecule has 1 N–H and O–H groups in total. The lowest BCUT2D eigenvalue weighted by atomic mass is 10.2. The fraction of sp³-hybridized carbons (Fsp3) is 0.154. The van der Waals surface area contributed by atoms with Gasteiger partial charge in [0.2, 0.25) is 0 Å². The van der Waals surface area contributed by atoms with E-state index in [9.17, 15) is 9.18 Å². The molecule has 0 spiro atoms. The predicted octanol–water partition coefficient (Wildman–Crippen LogP) is 3.84. The summed E-state index contributed by atoms with van der Waals surface area (Å²) < 4.78 is 18.8. The van der Waals surface area contributed by atoms with Crippen LogP contribution in [-0.2, 0) is 6.42 Å². The molecule has 0 saturated carbocycles. The highest BCUT2D eigenvalue weighted by Crippen LogP contribution is 2.21. The van der Waals surface area contributed by atoms with Gasteiger partial charge in [0, 0.05) is 9.99 Å². The maximum absolute atomic E-state index is 12.9. The van der Waals surface area contributed by atoms with E-state index < -0.39 is 0 Å². The molecule has 0 aliphatic carbocycles. The van der Waals surface area contributed by atoms with Gasteiger partial charge in [0.25, 0.3) is 5.91 Å². The smallest absolute Gasteiger partial charge is 0.259 e. The van der Waals surface area contributed by atoms with Crippen LogP contribution in [0.5, 0.6) is 0 Å². The summed E-state index contributed by atoms with van der Waals surface area (Å²) in [5.74, 6) is 0.0738. The molecule has 1 amide bonds. The van der Waals surface area contributed by atoms with Gasteiger partial charge in [0.15, 0.2) is 0 Å². The lowest BCUT2D eigenvalue weighted by Gasteiger charge is -2.07. The molecular weight excluding hydrogens is 348 g/mol. The Morgan fingerprint density at radius 3 is 2.89 bits per heavy atom. The zero-order valence-corrected chi connectivity index (χ0v) is 11.8. The Hall–Kier alpha value is -1.37. The second kappa shape index (κ2) is 5.51. The van der Waals surface area contributed by atoms with Gasteiger partial charge in [0.1, 0.15) is 11.6 Å². The lowest BCUT2D eigenvalue weighted by Crippen LogP contribution is -2.13. The first kappa shape index (κ1) is 13.1. The highest BCUT2D eigenvalue weighted by Gasteiger charge is 2.14. The van der Waals surface area contributed by atoms with Crippen molar-refractivity contribution in [3.63, 3.8) is 0 Å². The highest BCUT2D eigenvalue weighted by atomic mass is 127. The molecule has 0 atom stereocenters. The molecule has 0 unspecified atom stereocenters. The van der Waals surface area contributed by atoms with Gasteiger partial charge in [0.05, 0.1) is 17.5 Å². The Morgan fingerprint density at radius 2 is 2.22 bits per heavy atom. The largest absolute Gasteiger partial charge is 0.469 e. The molecule has 0 radical (unpaired) electrons. The highest BCUT2D eigenvalue weighted by molar-refractivity contribution is 14.1. The van der Waals surface area contributed by atoms with Gasteiger partial charge in [-0.1, -0.05) is 6.92 Å². The van der Waals surface area contributed by atoms with E-state index >= 15 is 0 Å². The Balaban J connectivity index is 2.21. The molecule has 0 aliphatic heterocycles.